The maximum absolute atomic E-state index is 9.07. The summed E-state index contributed by atoms with van der Waals surface area (Å²) < 4.78 is 7.50. The number of hydrogen-bond acceptors (Lipinski definition) is 4. The van der Waals surface area contributed by atoms with Crippen LogP contribution in [0.15, 0.2) is 47.0 Å². The molecule has 0 radical (unpaired) electrons. The van der Waals surface area contributed by atoms with Crippen LogP contribution < -0.4 is 0 Å². The second kappa shape index (κ2) is 6.79. The molecule has 5 nitrogen and oxygen atoms in total. The minimum atomic E-state index is 0.0674. The first-order valence-electron chi connectivity index (χ1n) is 7.78. The van der Waals surface area contributed by atoms with Crippen LogP contribution in [0, 0.1) is 6.92 Å². The van der Waals surface area contributed by atoms with Crippen LogP contribution >= 0.6 is 0 Å². The molecule has 23 heavy (non-hydrogen) atoms. The SMILES string of the molecule is Cc1ccc(C(C)Cc2cn(Cc3ccc(CO)cc3)nn2)o1. The minimum absolute atomic E-state index is 0.0674. The van der Waals surface area contributed by atoms with Gasteiger partial charge in [-0.25, -0.2) is 4.68 Å². The number of aromatic nitrogens is 3. The van der Waals surface area contributed by atoms with Crippen molar-refractivity contribution in [2.24, 2.45) is 0 Å². The molecule has 0 aliphatic carbocycles. The van der Waals surface area contributed by atoms with Crippen LogP contribution in [-0.4, -0.2) is 20.1 Å². The van der Waals surface area contributed by atoms with E-state index in [9.17, 15) is 0 Å². The van der Waals surface area contributed by atoms with Crippen molar-refractivity contribution in [1.29, 1.82) is 0 Å². The first-order valence-corrected chi connectivity index (χ1v) is 7.78. The quantitative estimate of drug-likeness (QED) is 0.760. The zero-order valence-corrected chi connectivity index (χ0v) is 13.4. The van der Waals surface area contributed by atoms with Crippen molar-refractivity contribution < 1.29 is 9.52 Å². The highest BCUT2D eigenvalue weighted by Gasteiger charge is 2.13. The summed E-state index contributed by atoms with van der Waals surface area (Å²) in [4.78, 5) is 0. The van der Waals surface area contributed by atoms with Crippen molar-refractivity contribution in [3.8, 4) is 0 Å². The Hall–Kier alpha value is -2.40. The van der Waals surface area contributed by atoms with Crippen molar-refractivity contribution in [2.75, 3.05) is 0 Å². The average molecular weight is 311 g/mol. The average Bonchev–Trinajstić information content (AvgIpc) is 3.17. The van der Waals surface area contributed by atoms with E-state index in [0.717, 1.165) is 34.8 Å². The Morgan fingerprint density at radius 3 is 2.52 bits per heavy atom. The number of benzene rings is 1. The van der Waals surface area contributed by atoms with Crippen molar-refractivity contribution in [1.82, 2.24) is 15.0 Å². The Bertz CT molecular complexity index is 759. The Balaban J connectivity index is 1.63. The number of aliphatic hydroxyl groups is 1. The summed E-state index contributed by atoms with van der Waals surface area (Å²) >= 11 is 0. The van der Waals surface area contributed by atoms with Gasteiger partial charge in [-0.2, -0.15) is 0 Å². The lowest BCUT2D eigenvalue weighted by Crippen LogP contribution is -2.00. The fourth-order valence-corrected chi connectivity index (χ4v) is 2.58. The molecule has 1 unspecified atom stereocenters. The molecule has 0 saturated carbocycles. The summed E-state index contributed by atoms with van der Waals surface area (Å²) in [5.74, 6) is 2.19. The summed E-state index contributed by atoms with van der Waals surface area (Å²) in [5, 5.41) is 17.5. The highest BCUT2D eigenvalue weighted by atomic mass is 16.3. The van der Waals surface area contributed by atoms with Gasteiger partial charge in [0, 0.05) is 18.5 Å². The number of furan rings is 1. The molecular formula is C18H21N3O2. The summed E-state index contributed by atoms with van der Waals surface area (Å²) in [7, 11) is 0. The molecule has 120 valence electrons. The fraction of sp³-hybridized carbons (Fsp3) is 0.333. The van der Waals surface area contributed by atoms with E-state index in [4.69, 9.17) is 9.52 Å². The van der Waals surface area contributed by atoms with Crippen LogP contribution in [0.4, 0.5) is 0 Å². The monoisotopic (exact) mass is 311 g/mol. The molecule has 5 heteroatoms. The van der Waals surface area contributed by atoms with Crippen molar-refractivity contribution in [3.05, 3.63) is 70.9 Å². The lowest BCUT2D eigenvalue weighted by atomic mass is 10.0. The molecule has 0 saturated heterocycles. The number of rotatable bonds is 6. The van der Waals surface area contributed by atoms with E-state index in [1.54, 1.807) is 0 Å². The zero-order valence-electron chi connectivity index (χ0n) is 13.4. The van der Waals surface area contributed by atoms with Gasteiger partial charge in [0.2, 0.25) is 0 Å². The summed E-state index contributed by atoms with van der Waals surface area (Å²) in [6.45, 7) is 4.82. The van der Waals surface area contributed by atoms with Crippen LogP contribution in [0.5, 0.6) is 0 Å². The van der Waals surface area contributed by atoms with Gasteiger partial charge in [0.05, 0.1) is 18.8 Å². The largest absolute Gasteiger partial charge is 0.466 e. The van der Waals surface area contributed by atoms with Gasteiger partial charge in [-0.15, -0.1) is 5.10 Å². The second-order valence-corrected chi connectivity index (χ2v) is 5.94. The van der Waals surface area contributed by atoms with Crippen LogP contribution in [0.25, 0.3) is 0 Å². The molecule has 0 bridgehead atoms. The fourth-order valence-electron chi connectivity index (χ4n) is 2.58. The lowest BCUT2D eigenvalue weighted by Gasteiger charge is -2.05. The zero-order chi connectivity index (χ0) is 16.2. The molecule has 3 aromatic rings. The standard InChI is InChI=1S/C18H21N3O2/c1-13(18-8-3-14(2)23-18)9-17-11-21(20-19-17)10-15-4-6-16(12-22)7-5-15/h3-8,11,13,22H,9-10,12H2,1-2H3. The van der Waals surface area contributed by atoms with Crippen LogP contribution in [-0.2, 0) is 19.6 Å². The molecule has 1 atom stereocenters. The molecule has 3 rings (SSSR count). The van der Waals surface area contributed by atoms with Crippen LogP contribution in [0.1, 0.15) is 41.2 Å². The van der Waals surface area contributed by atoms with Gasteiger partial charge in [0.15, 0.2) is 0 Å². The molecule has 0 aliphatic rings. The van der Waals surface area contributed by atoms with Gasteiger partial charge in [-0.3, -0.25) is 0 Å². The molecule has 0 fully saturated rings. The molecule has 0 aliphatic heterocycles. The summed E-state index contributed by atoms with van der Waals surface area (Å²) in [5.41, 5.74) is 3.00. The van der Waals surface area contributed by atoms with E-state index in [1.165, 1.54) is 0 Å². The topological polar surface area (TPSA) is 64.1 Å². The summed E-state index contributed by atoms with van der Waals surface area (Å²) in [6.07, 6.45) is 2.78. The van der Waals surface area contributed by atoms with E-state index in [0.29, 0.717) is 6.54 Å². The molecular weight excluding hydrogens is 290 g/mol. The number of aliphatic hydroxyl groups excluding tert-OH is 1. The number of hydrogen-bond donors (Lipinski definition) is 1. The van der Waals surface area contributed by atoms with Crippen LogP contribution in [0.2, 0.25) is 0 Å². The smallest absolute Gasteiger partial charge is 0.107 e. The van der Waals surface area contributed by atoms with E-state index in [-0.39, 0.29) is 12.5 Å². The maximum atomic E-state index is 9.07. The van der Waals surface area contributed by atoms with Gasteiger partial charge in [0.1, 0.15) is 11.5 Å². The second-order valence-electron chi connectivity index (χ2n) is 5.94. The molecule has 2 aromatic heterocycles. The molecule has 1 N–H and O–H groups in total. The molecule has 0 amide bonds. The first-order chi connectivity index (χ1) is 11.1. The lowest BCUT2D eigenvalue weighted by molar-refractivity contribution is 0.282. The third kappa shape index (κ3) is 3.87. The number of aryl methyl sites for hydroxylation is 1. The Kier molecular flexibility index (Phi) is 4.57. The normalized spacial score (nSPS) is 12.5. The Morgan fingerprint density at radius 1 is 1.13 bits per heavy atom. The predicted octanol–water partition coefficient (Wildman–Crippen LogP) is 3.07. The van der Waals surface area contributed by atoms with E-state index < -0.39 is 0 Å². The van der Waals surface area contributed by atoms with Gasteiger partial charge >= 0.3 is 0 Å². The van der Waals surface area contributed by atoms with Gasteiger partial charge < -0.3 is 9.52 Å². The van der Waals surface area contributed by atoms with E-state index >= 15 is 0 Å². The molecule has 0 spiro atoms. The predicted molar refractivity (Wildman–Crippen MR) is 87.1 cm³/mol. The van der Waals surface area contributed by atoms with Crippen LogP contribution in [0.3, 0.4) is 0 Å². The van der Waals surface area contributed by atoms with Gasteiger partial charge in [-0.05, 0) is 30.2 Å². The first kappa shape index (κ1) is 15.5. The van der Waals surface area contributed by atoms with Crippen molar-refractivity contribution >= 4 is 0 Å². The number of nitrogens with zero attached hydrogens (tertiary/aromatic N) is 3. The third-order valence-corrected chi connectivity index (χ3v) is 3.90. The highest BCUT2D eigenvalue weighted by Crippen LogP contribution is 2.21. The Labute approximate surface area is 135 Å². The van der Waals surface area contributed by atoms with E-state index in [1.807, 2.05) is 54.2 Å². The minimum Gasteiger partial charge on any atom is -0.466 e. The summed E-state index contributed by atoms with van der Waals surface area (Å²) in [6, 6.07) is 11.9. The molecule has 1 aromatic carbocycles. The molecule has 2 heterocycles. The van der Waals surface area contributed by atoms with Crippen molar-refractivity contribution in [3.63, 3.8) is 0 Å². The van der Waals surface area contributed by atoms with Crippen molar-refractivity contribution in [2.45, 2.75) is 39.3 Å². The van der Waals surface area contributed by atoms with Gasteiger partial charge in [0.25, 0.3) is 0 Å². The van der Waals surface area contributed by atoms with Gasteiger partial charge in [-0.1, -0.05) is 36.4 Å². The third-order valence-electron chi connectivity index (χ3n) is 3.90. The highest BCUT2D eigenvalue weighted by molar-refractivity contribution is 5.22. The maximum Gasteiger partial charge on any atom is 0.107 e. The van der Waals surface area contributed by atoms with E-state index in [2.05, 4.69) is 17.2 Å². The Morgan fingerprint density at radius 2 is 1.87 bits per heavy atom.